The number of hydrogen-bond donors (Lipinski definition) is 3. The monoisotopic (exact) mass is 400 g/mol. The molecule has 2 rings (SSSR count). The van der Waals surface area contributed by atoms with Gasteiger partial charge in [0.1, 0.15) is 11.5 Å². The van der Waals surface area contributed by atoms with Gasteiger partial charge in [0, 0.05) is 18.8 Å². The molecule has 0 aliphatic heterocycles. The van der Waals surface area contributed by atoms with E-state index in [1.807, 2.05) is 22.6 Å². The molecule has 21 heavy (non-hydrogen) atoms. The van der Waals surface area contributed by atoms with Crippen LogP contribution in [0.3, 0.4) is 0 Å². The van der Waals surface area contributed by atoms with Crippen molar-refractivity contribution in [2.24, 2.45) is 12.1 Å². The number of aryl methyl sites for hydroxylation is 1. The third-order valence-corrected chi connectivity index (χ3v) is 3.48. The van der Waals surface area contributed by atoms with Crippen LogP contribution >= 0.6 is 22.6 Å². The van der Waals surface area contributed by atoms with Crippen molar-refractivity contribution in [3.63, 3.8) is 0 Å². The van der Waals surface area contributed by atoms with E-state index in [2.05, 4.69) is 15.6 Å². The van der Waals surface area contributed by atoms with E-state index in [1.54, 1.807) is 20.2 Å². The lowest BCUT2D eigenvalue weighted by molar-refractivity contribution is 0.0948. The van der Waals surface area contributed by atoms with Gasteiger partial charge in [-0.3, -0.25) is 9.48 Å². The summed E-state index contributed by atoms with van der Waals surface area (Å²) in [5, 5.41) is 27.1. The molecule has 0 fully saturated rings. The smallest absolute Gasteiger partial charge is 0.292 e. The third kappa shape index (κ3) is 3.51. The molecule has 0 aliphatic rings. The number of carbonyl (C=O) groups is 1. The van der Waals surface area contributed by atoms with Crippen molar-refractivity contribution < 1.29 is 15.0 Å². The van der Waals surface area contributed by atoms with Crippen molar-refractivity contribution in [1.82, 2.24) is 15.2 Å². The fourth-order valence-corrected chi connectivity index (χ4v) is 2.43. The Morgan fingerprint density at radius 2 is 2.14 bits per heavy atom. The zero-order valence-corrected chi connectivity index (χ0v) is 13.5. The second-order valence-electron chi connectivity index (χ2n) is 4.34. The van der Waals surface area contributed by atoms with Gasteiger partial charge >= 0.3 is 0 Å². The minimum atomic E-state index is -0.445. The summed E-state index contributed by atoms with van der Waals surface area (Å²) in [7, 11) is 1.72. The molecule has 0 saturated heterocycles. The maximum Gasteiger partial charge on any atom is 0.292 e. The molecule has 0 radical (unpaired) electrons. The molecule has 7 nitrogen and oxygen atoms in total. The molecule has 0 spiro atoms. The van der Waals surface area contributed by atoms with Gasteiger partial charge in [-0.05, 0) is 47.7 Å². The molecule has 0 bridgehead atoms. The van der Waals surface area contributed by atoms with Gasteiger partial charge in [-0.1, -0.05) is 0 Å². The molecule has 1 aromatic heterocycles. The Balaban J connectivity index is 2.19. The van der Waals surface area contributed by atoms with Crippen LogP contribution in [-0.2, 0) is 7.05 Å². The van der Waals surface area contributed by atoms with Crippen LogP contribution in [0, 0.1) is 3.57 Å². The number of carbonyl (C=O) groups excluding carboxylic acids is 1. The number of rotatable bonds is 3. The van der Waals surface area contributed by atoms with Gasteiger partial charge < -0.3 is 10.2 Å². The lowest BCUT2D eigenvalue weighted by Gasteiger charge is -2.05. The number of phenols is 2. The zero-order chi connectivity index (χ0) is 15.6. The van der Waals surface area contributed by atoms with Gasteiger partial charge in [-0.15, -0.1) is 0 Å². The van der Waals surface area contributed by atoms with Gasteiger partial charge in [0.2, 0.25) is 0 Å². The molecule has 1 amide bonds. The van der Waals surface area contributed by atoms with Crippen LogP contribution in [0.4, 0.5) is 0 Å². The van der Waals surface area contributed by atoms with Crippen molar-refractivity contribution >= 4 is 34.2 Å². The molecule has 110 valence electrons. The van der Waals surface area contributed by atoms with Crippen LogP contribution in [0.2, 0.25) is 0 Å². The summed E-state index contributed by atoms with van der Waals surface area (Å²) in [5.41, 5.74) is 3.35. The molecule has 1 heterocycles. The first kappa shape index (κ1) is 15.3. The molecule has 0 atom stereocenters. The largest absolute Gasteiger partial charge is 0.508 e. The Morgan fingerprint density at radius 3 is 2.76 bits per heavy atom. The number of benzene rings is 1. The van der Waals surface area contributed by atoms with Gasteiger partial charge in [-0.2, -0.15) is 10.2 Å². The highest BCUT2D eigenvalue weighted by Gasteiger charge is 2.14. The zero-order valence-electron chi connectivity index (χ0n) is 11.3. The quantitative estimate of drug-likeness (QED) is 0.315. The Labute approximate surface area is 134 Å². The number of hydrazone groups is 1. The predicted octanol–water partition coefficient (Wildman–Crippen LogP) is 1.59. The van der Waals surface area contributed by atoms with Crippen LogP contribution in [0.25, 0.3) is 0 Å². The van der Waals surface area contributed by atoms with Gasteiger partial charge in [0.25, 0.3) is 5.91 Å². The number of hydrogen-bond acceptors (Lipinski definition) is 5. The van der Waals surface area contributed by atoms with Crippen LogP contribution < -0.4 is 5.43 Å². The first-order chi connectivity index (χ1) is 9.88. The Bertz CT molecular complexity index is 724. The average Bonchev–Trinajstić information content (AvgIpc) is 2.77. The van der Waals surface area contributed by atoms with E-state index in [0.717, 1.165) is 0 Å². The number of amides is 1. The summed E-state index contributed by atoms with van der Waals surface area (Å²) in [6.45, 7) is 1.61. The molecule has 8 heteroatoms. The molecule has 0 aliphatic carbocycles. The molecule has 1 aromatic carbocycles. The van der Waals surface area contributed by atoms with Crippen LogP contribution in [0.1, 0.15) is 23.0 Å². The molecular weight excluding hydrogens is 387 g/mol. The Kier molecular flexibility index (Phi) is 4.46. The fourth-order valence-electron chi connectivity index (χ4n) is 1.68. The summed E-state index contributed by atoms with van der Waals surface area (Å²) in [6, 6.07) is 4.08. The summed E-state index contributed by atoms with van der Waals surface area (Å²) >= 11 is 2.01. The first-order valence-electron chi connectivity index (χ1n) is 5.94. The molecule has 0 unspecified atom stereocenters. The van der Waals surface area contributed by atoms with Crippen molar-refractivity contribution in [2.45, 2.75) is 6.92 Å². The number of phenolic OH excluding ortho intramolecular Hbond substituents is 2. The van der Waals surface area contributed by atoms with Crippen LogP contribution in [0.15, 0.2) is 29.5 Å². The Morgan fingerprint density at radius 1 is 1.43 bits per heavy atom. The van der Waals surface area contributed by atoms with E-state index in [4.69, 9.17) is 0 Å². The molecule has 2 aromatic rings. The molecular formula is C13H13IN4O3. The summed E-state index contributed by atoms with van der Waals surface area (Å²) in [6.07, 6.45) is 1.72. The highest BCUT2D eigenvalue weighted by molar-refractivity contribution is 14.1. The summed E-state index contributed by atoms with van der Waals surface area (Å²) < 4.78 is 2.24. The standard InChI is InChI=1S/C13H13IN4O3/c1-7(9-5-8(19)3-4-11(9)20)15-16-13(21)12-10(14)6-18(2)17-12/h3-6,19-20H,1-2H3,(H,16,21). The lowest BCUT2D eigenvalue weighted by Crippen LogP contribution is -2.21. The fraction of sp³-hybridized carbons (Fsp3) is 0.154. The van der Waals surface area contributed by atoms with Crippen LogP contribution in [-0.4, -0.2) is 31.6 Å². The molecule has 3 N–H and O–H groups in total. The van der Waals surface area contributed by atoms with E-state index >= 15 is 0 Å². The number of halogens is 1. The predicted molar refractivity (Wildman–Crippen MR) is 85.4 cm³/mol. The first-order valence-corrected chi connectivity index (χ1v) is 7.02. The number of nitrogens with one attached hydrogen (secondary N) is 1. The summed E-state index contributed by atoms with van der Waals surface area (Å²) in [4.78, 5) is 12.0. The third-order valence-electron chi connectivity index (χ3n) is 2.69. The molecule has 0 saturated carbocycles. The van der Waals surface area contributed by atoms with Crippen molar-refractivity contribution in [1.29, 1.82) is 0 Å². The number of aromatic nitrogens is 2. The van der Waals surface area contributed by atoms with Crippen molar-refractivity contribution in [3.05, 3.63) is 39.2 Å². The van der Waals surface area contributed by atoms with Crippen molar-refractivity contribution in [3.8, 4) is 11.5 Å². The van der Waals surface area contributed by atoms with Crippen LogP contribution in [0.5, 0.6) is 11.5 Å². The van der Waals surface area contributed by atoms with Gasteiger partial charge in [-0.25, -0.2) is 5.43 Å². The minimum absolute atomic E-state index is 0.00273. The highest BCUT2D eigenvalue weighted by Crippen LogP contribution is 2.22. The number of aromatic hydroxyl groups is 2. The lowest BCUT2D eigenvalue weighted by atomic mass is 10.1. The van der Waals surface area contributed by atoms with Crippen molar-refractivity contribution in [2.75, 3.05) is 0 Å². The van der Waals surface area contributed by atoms with Gasteiger partial charge in [0.15, 0.2) is 5.69 Å². The normalized spacial score (nSPS) is 11.5. The summed E-state index contributed by atoms with van der Waals surface area (Å²) in [5.74, 6) is -0.474. The van der Waals surface area contributed by atoms with E-state index in [1.165, 1.54) is 22.9 Å². The van der Waals surface area contributed by atoms with E-state index in [-0.39, 0.29) is 17.2 Å². The highest BCUT2D eigenvalue weighted by atomic mass is 127. The van der Waals surface area contributed by atoms with E-state index in [9.17, 15) is 15.0 Å². The second kappa shape index (κ2) is 6.12. The van der Waals surface area contributed by atoms with E-state index in [0.29, 0.717) is 14.8 Å². The number of nitrogens with zero attached hydrogens (tertiary/aromatic N) is 3. The van der Waals surface area contributed by atoms with E-state index < -0.39 is 5.91 Å². The maximum absolute atomic E-state index is 12.0. The topological polar surface area (TPSA) is 99.7 Å². The van der Waals surface area contributed by atoms with Gasteiger partial charge in [0.05, 0.1) is 9.28 Å². The average molecular weight is 400 g/mol. The maximum atomic E-state index is 12.0. The second-order valence-corrected chi connectivity index (χ2v) is 5.50. The Hall–Kier alpha value is -2.10. The SMILES string of the molecule is CC(=NNC(=O)c1nn(C)cc1I)c1cc(O)ccc1O. The minimum Gasteiger partial charge on any atom is -0.508 e.